The molecule has 1 aromatic carbocycles. The highest BCUT2D eigenvalue weighted by molar-refractivity contribution is 6.42. The van der Waals surface area contributed by atoms with Gasteiger partial charge in [-0.15, -0.1) is 0 Å². The van der Waals surface area contributed by atoms with Gasteiger partial charge in [0, 0.05) is 5.92 Å². The van der Waals surface area contributed by atoms with Crippen LogP contribution in [0.4, 0.5) is 0 Å². The molecular formula is C18H23Cl2NO. The second-order valence-corrected chi connectivity index (χ2v) is 7.41. The molecule has 0 aliphatic heterocycles. The summed E-state index contributed by atoms with van der Waals surface area (Å²) < 4.78 is 0. The van der Waals surface area contributed by atoms with E-state index in [1.807, 2.05) is 12.1 Å². The highest BCUT2D eigenvalue weighted by Gasteiger charge is 2.44. The van der Waals surface area contributed by atoms with Gasteiger partial charge in [0.2, 0.25) is 0 Å². The lowest BCUT2D eigenvalue weighted by Crippen LogP contribution is -2.32. The number of halogens is 2. The van der Waals surface area contributed by atoms with E-state index in [9.17, 15) is 0 Å². The number of oxime groups is 1. The summed E-state index contributed by atoms with van der Waals surface area (Å²) in [7, 11) is 1.64. The third-order valence-corrected chi connectivity index (χ3v) is 6.18. The van der Waals surface area contributed by atoms with E-state index < -0.39 is 0 Å². The molecule has 2 bridgehead atoms. The summed E-state index contributed by atoms with van der Waals surface area (Å²) >= 11 is 12.3. The molecule has 2 nitrogen and oxygen atoms in total. The van der Waals surface area contributed by atoms with Crippen LogP contribution < -0.4 is 0 Å². The first-order valence-corrected chi connectivity index (χ1v) is 8.94. The van der Waals surface area contributed by atoms with Crippen molar-refractivity contribution in [2.24, 2.45) is 22.9 Å². The van der Waals surface area contributed by atoms with E-state index in [2.05, 4.69) is 18.1 Å². The maximum absolute atomic E-state index is 6.26. The number of hydrogen-bond acceptors (Lipinski definition) is 2. The van der Waals surface area contributed by atoms with Gasteiger partial charge in [-0.3, -0.25) is 0 Å². The van der Waals surface area contributed by atoms with E-state index in [0.717, 1.165) is 18.3 Å². The van der Waals surface area contributed by atoms with Gasteiger partial charge in [-0.25, -0.2) is 0 Å². The Labute approximate surface area is 142 Å². The Kier molecular flexibility index (Phi) is 4.99. The summed E-state index contributed by atoms with van der Waals surface area (Å²) in [5, 5.41) is 5.63. The van der Waals surface area contributed by atoms with Crippen LogP contribution in [-0.4, -0.2) is 12.8 Å². The Balaban J connectivity index is 1.98. The van der Waals surface area contributed by atoms with Crippen LogP contribution in [0.3, 0.4) is 0 Å². The number of rotatable bonds is 4. The van der Waals surface area contributed by atoms with Crippen molar-refractivity contribution in [3.05, 3.63) is 33.8 Å². The van der Waals surface area contributed by atoms with Crippen molar-refractivity contribution in [1.29, 1.82) is 0 Å². The SMILES string of the molecule is CCC(=NOC)[C@@H]1[C@H]2CCC(C2)C[C@H]1c1ccc(Cl)c(Cl)c1. The van der Waals surface area contributed by atoms with Gasteiger partial charge in [0.1, 0.15) is 7.11 Å². The van der Waals surface area contributed by atoms with Crippen molar-refractivity contribution in [2.75, 3.05) is 7.11 Å². The van der Waals surface area contributed by atoms with Gasteiger partial charge >= 0.3 is 0 Å². The summed E-state index contributed by atoms with van der Waals surface area (Å²) in [6.07, 6.45) is 6.17. The maximum atomic E-state index is 6.26. The number of hydrogen-bond donors (Lipinski definition) is 0. The first kappa shape index (κ1) is 16.1. The Morgan fingerprint density at radius 2 is 2.05 bits per heavy atom. The Morgan fingerprint density at radius 3 is 2.73 bits per heavy atom. The zero-order valence-corrected chi connectivity index (χ0v) is 14.7. The second-order valence-electron chi connectivity index (χ2n) is 6.60. The van der Waals surface area contributed by atoms with Crippen LogP contribution in [0.1, 0.15) is 50.5 Å². The summed E-state index contributed by atoms with van der Waals surface area (Å²) in [6.45, 7) is 2.17. The molecule has 0 spiro atoms. The molecule has 0 saturated heterocycles. The molecule has 3 rings (SSSR count). The van der Waals surface area contributed by atoms with Gasteiger partial charge < -0.3 is 4.84 Å². The second kappa shape index (κ2) is 6.80. The number of benzene rings is 1. The average molecular weight is 340 g/mol. The van der Waals surface area contributed by atoms with Crippen LogP contribution >= 0.6 is 23.2 Å². The summed E-state index contributed by atoms with van der Waals surface area (Å²) in [5.41, 5.74) is 2.50. The van der Waals surface area contributed by atoms with Crippen LogP contribution in [0.5, 0.6) is 0 Å². The molecule has 2 aliphatic carbocycles. The first-order valence-electron chi connectivity index (χ1n) is 8.18. The van der Waals surface area contributed by atoms with Crippen LogP contribution in [0, 0.1) is 17.8 Å². The molecule has 1 unspecified atom stereocenters. The zero-order chi connectivity index (χ0) is 15.7. The molecule has 4 heteroatoms. The summed E-state index contributed by atoms with van der Waals surface area (Å²) in [4.78, 5) is 5.12. The maximum Gasteiger partial charge on any atom is 0.106 e. The Hall–Kier alpha value is -0.730. The average Bonchev–Trinajstić information content (AvgIpc) is 2.90. The van der Waals surface area contributed by atoms with Gasteiger partial charge in [-0.2, -0.15) is 0 Å². The van der Waals surface area contributed by atoms with E-state index in [0.29, 0.717) is 21.9 Å². The third kappa shape index (κ3) is 3.00. The van der Waals surface area contributed by atoms with E-state index in [1.54, 1.807) is 7.11 Å². The molecule has 2 aliphatic rings. The zero-order valence-electron chi connectivity index (χ0n) is 13.2. The van der Waals surface area contributed by atoms with Crippen molar-refractivity contribution in [2.45, 2.75) is 44.9 Å². The lowest BCUT2D eigenvalue weighted by molar-refractivity contribution is 0.200. The Bertz CT molecular complexity index is 572. The van der Waals surface area contributed by atoms with Crippen LogP contribution in [0.2, 0.25) is 10.0 Å². The molecule has 4 atom stereocenters. The molecular weight excluding hydrogens is 317 g/mol. The molecule has 0 heterocycles. The van der Waals surface area contributed by atoms with Crippen molar-refractivity contribution < 1.29 is 4.84 Å². The number of nitrogens with zero attached hydrogens (tertiary/aromatic N) is 1. The predicted molar refractivity (Wildman–Crippen MR) is 92.9 cm³/mol. The highest BCUT2D eigenvalue weighted by atomic mass is 35.5. The van der Waals surface area contributed by atoms with E-state index in [4.69, 9.17) is 28.0 Å². The molecule has 0 N–H and O–H groups in total. The third-order valence-electron chi connectivity index (χ3n) is 5.44. The number of fused-ring (bicyclic) bond motifs is 2. The van der Waals surface area contributed by atoms with Crippen molar-refractivity contribution in [1.82, 2.24) is 0 Å². The highest BCUT2D eigenvalue weighted by Crippen LogP contribution is 2.53. The van der Waals surface area contributed by atoms with Gasteiger partial charge in [0.15, 0.2) is 0 Å². The molecule has 2 saturated carbocycles. The van der Waals surface area contributed by atoms with Crippen molar-refractivity contribution >= 4 is 28.9 Å². The minimum atomic E-state index is 0.473. The molecule has 1 aromatic rings. The molecule has 0 radical (unpaired) electrons. The van der Waals surface area contributed by atoms with E-state index >= 15 is 0 Å². The minimum absolute atomic E-state index is 0.473. The van der Waals surface area contributed by atoms with E-state index in [-0.39, 0.29) is 0 Å². The molecule has 0 aromatic heterocycles. The lowest BCUT2D eigenvalue weighted by atomic mass is 9.67. The quantitative estimate of drug-likeness (QED) is 0.492. The van der Waals surface area contributed by atoms with Gasteiger partial charge in [-0.1, -0.05) is 47.8 Å². The molecule has 0 amide bonds. The van der Waals surface area contributed by atoms with Gasteiger partial charge in [0.05, 0.1) is 15.8 Å². The normalized spacial score (nSPS) is 31.4. The largest absolute Gasteiger partial charge is 0.399 e. The van der Waals surface area contributed by atoms with Crippen molar-refractivity contribution in [3.63, 3.8) is 0 Å². The van der Waals surface area contributed by atoms with Crippen LogP contribution in [0.25, 0.3) is 0 Å². The topological polar surface area (TPSA) is 21.6 Å². The van der Waals surface area contributed by atoms with Crippen LogP contribution in [0.15, 0.2) is 23.4 Å². The van der Waals surface area contributed by atoms with Crippen LogP contribution in [-0.2, 0) is 4.84 Å². The molecule has 2 fully saturated rings. The fourth-order valence-electron chi connectivity index (χ4n) is 4.56. The van der Waals surface area contributed by atoms with Gasteiger partial charge in [-0.05, 0) is 61.1 Å². The smallest absolute Gasteiger partial charge is 0.106 e. The molecule has 120 valence electrons. The lowest BCUT2D eigenvalue weighted by Gasteiger charge is -2.37. The standard InChI is InChI=1S/C18H23Cl2NO/c1-3-17(21-22-2)18-13-5-4-11(8-13)9-14(18)12-6-7-15(19)16(20)10-12/h6-7,10-11,13-14,18H,3-5,8-9H2,1-2H3/t11?,13-,14-,18+/m0/s1. The summed E-state index contributed by atoms with van der Waals surface area (Å²) in [5.74, 6) is 2.53. The fourth-order valence-corrected chi connectivity index (χ4v) is 4.86. The van der Waals surface area contributed by atoms with Gasteiger partial charge in [0.25, 0.3) is 0 Å². The monoisotopic (exact) mass is 339 g/mol. The van der Waals surface area contributed by atoms with E-state index in [1.165, 1.54) is 37.0 Å². The molecule has 22 heavy (non-hydrogen) atoms. The fraction of sp³-hybridized carbons (Fsp3) is 0.611. The summed E-state index contributed by atoms with van der Waals surface area (Å²) in [6, 6.07) is 6.11. The minimum Gasteiger partial charge on any atom is -0.399 e. The predicted octanol–water partition coefficient (Wildman–Crippen LogP) is 5.93. The Morgan fingerprint density at radius 1 is 1.23 bits per heavy atom. The first-order chi connectivity index (χ1) is 10.6. The van der Waals surface area contributed by atoms with Crippen molar-refractivity contribution in [3.8, 4) is 0 Å².